The standard InChI is InChI=1S/C25H24F4N4O2/c1-13-7-14(30)12-33(11-13)21-5-6-31-10-20(21)32-25(34)16-3-4-17(26)23(24(16)29)22-18(27)8-15(35-2)9-19(22)28/h3-6,8-10,13-14H,7,11-12,30H2,1-2H3,(H,32,34)/t13-,14+/m1/s1. The summed E-state index contributed by atoms with van der Waals surface area (Å²) in [4.78, 5) is 19.0. The van der Waals surface area contributed by atoms with Crippen LogP contribution < -0.4 is 20.7 Å². The van der Waals surface area contributed by atoms with Crippen molar-refractivity contribution in [2.45, 2.75) is 19.4 Å². The number of nitrogens with zero attached hydrogens (tertiary/aromatic N) is 2. The largest absolute Gasteiger partial charge is 0.497 e. The van der Waals surface area contributed by atoms with Gasteiger partial charge in [-0.25, -0.2) is 17.6 Å². The van der Waals surface area contributed by atoms with Crippen molar-refractivity contribution in [2.75, 3.05) is 30.4 Å². The Bertz CT molecular complexity index is 1240. The van der Waals surface area contributed by atoms with Gasteiger partial charge in [-0.1, -0.05) is 6.92 Å². The van der Waals surface area contributed by atoms with Crippen LogP contribution in [0, 0.1) is 29.2 Å². The van der Waals surface area contributed by atoms with E-state index in [1.165, 1.54) is 13.3 Å². The van der Waals surface area contributed by atoms with E-state index in [1.54, 1.807) is 12.3 Å². The number of carbonyl (C=O) groups is 1. The summed E-state index contributed by atoms with van der Waals surface area (Å²) in [5.41, 5.74) is 4.57. The molecule has 0 spiro atoms. The molecule has 6 nitrogen and oxygen atoms in total. The van der Waals surface area contributed by atoms with Crippen LogP contribution in [0.15, 0.2) is 42.7 Å². The number of methoxy groups -OCH3 is 1. The summed E-state index contributed by atoms with van der Waals surface area (Å²) < 4.78 is 63.8. The van der Waals surface area contributed by atoms with Crippen LogP contribution in [0.5, 0.6) is 5.75 Å². The first-order valence-corrected chi connectivity index (χ1v) is 11.0. The highest BCUT2D eigenvalue weighted by Gasteiger charge is 2.27. The number of amides is 1. The normalized spacial score (nSPS) is 17.9. The van der Waals surface area contributed by atoms with Crippen molar-refractivity contribution in [1.82, 2.24) is 4.98 Å². The molecule has 4 rings (SSSR count). The minimum Gasteiger partial charge on any atom is -0.497 e. The summed E-state index contributed by atoms with van der Waals surface area (Å²) in [5.74, 6) is -5.85. The van der Waals surface area contributed by atoms with E-state index in [0.29, 0.717) is 30.4 Å². The van der Waals surface area contributed by atoms with Gasteiger partial charge in [-0.15, -0.1) is 0 Å². The van der Waals surface area contributed by atoms with Crippen molar-refractivity contribution in [1.29, 1.82) is 0 Å². The molecule has 35 heavy (non-hydrogen) atoms. The molecular weight excluding hydrogens is 464 g/mol. The number of ether oxygens (including phenoxy) is 1. The average molecular weight is 488 g/mol. The number of aromatic nitrogens is 1. The number of halogens is 4. The zero-order valence-electron chi connectivity index (χ0n) is 19.1. The molecule has 1 aromatic heterocycles. The topological polar surface area (TPSA) is 80.5 Å². The van der Waals surface area contributed by atoms with Crippen LogP contribution in [-0.4, -0.2) is 37.1 Å². The summed E-state index contributed by atoms with van der Waals surface area (Å²) in [6.07, 6.45) is 3.83. The van der Waals surface area contributed by atoms with Crippen LogP contribution in [0.3, 0.4) is 0 Å². The average Bonchev–Trinajstić information content (AvgIpc) is 2.80. The zero-order valence-corrected chi connectivity index (χ0v) is 19.1. The van der Waals surface area contributed by atoms with Crippen molar-refractivity contribution >= 4 is 17.3 Å². The highest BCUT2D eigenvalue weighted by molar-refractivity contribution is 6.06. The fourth-order valence-electron chi connectivity index (χ4n) is 4.41. The minimum absolute atomic E-state index is 0.0538. The van der Waals surface area contributed by atoms with E-state index in [2.05, 4.69) is 17.2 Å². The summed E-state index contributed by atoms with van der Waals surface area (Å²) in [7, 11) is 1.20. The SMILES string of the molecule is COc1cc(F)c(-c2c(F)ccc(C(=O)Nc3cnccc3N3C[C@H](C)C[C@H](N)C3)c2F)c(F)c1. The third kappa shape index (κ3) is 4.93. The number of carbonyl (C=O) groups excluding carboxylic acids is 1. The molecule has 1 saturated heterocycles. The highest BCUT2D eigenvalue weighted by Crippen LogP contribution is 2.35. The fourth-order valence-corrected chi connectivity index (χ4v) is 4.41. The molecule has 0 radical (unpaired) electrons. The number of pyridine rings is 1. The summed E-state index contributed by atoms with van der Waals surface area (Å²) >= 11 is 0. The number of anilines is 2. The van der Waals surface area contributed by atoms with Crippen LogP contribution in [0.4, 0.5) is 28.9 Å². The number of hydrogen-bond donors (Lipinski definition) is 2. The van der Waals surface area contributed by atoms with Crippen LogP contribution >= 0.6 is 0 Å². The van der Waals surface area contributed by atoms with Gasteiger partial charge in [0, 0.05) is 37.5 Å². The third-order valence-electron chi connectivity index (χ3n) is 5.92. The minimum atomic E-state index is -1.40. The number of piperidine rings is 1. The maximum atomic E-state index is 15.4. The van der Waals surface area contributed by atoms with Gasteiger partial charge in [0.15, 0.2) is 0 Å². The van der Waals surface area contributed by atoms with Crippen molar-refractivity contribution in [3.05, 3.63) is 71.6 Å². The summed E-state index contributed by atoms with van der Waals surface area (Å²) in [5, 5.41) is 2.59. The molecule has 0 aliphatic carbocycles. The number of nitrogens with one attached hydrogen (secondary N) is 1. The van der Waals surface area contributed by atoms with Crippen LogP contribution in [0.1, 0.15) is 23.7 Å². The van der Waals surface area contributed by atoms with Crippen LogP contribution in [-0.2, 0) is 0 Å². The molecule has 1 fully saturated rings. The quantitative estimate of drug-likeness (QED) is 0.507. The van der Waals surface area contributed by atoms with Gasteiger partial charge < -0.3 is 20.7 Å². The van der Waals surface area contributed by atoms with Crippen molar-refractivity contribution in [3.8, 4) is 16.9 Å². The zero-order chi connectivity index (χ0) is 25.3. The molecule has 1 aliphatic heterocycles. The molecule has 0 saturated carbocycles. The lowest BCUT2D eigenvalue weighted by atomic mass is 9.96. The van der Waals surface area contributed by atoms with Crippen LogP contribution in [0.25, 0.3) is 11.1 Å². The number of rotatable bonds is 5. The number of benzene rings is 2. The molecule has 2 atom stereocenters. The van der Waals surface area contributed by atoms with E-state index in [1.807, 2.05) is 4.90 Å². The predicted molar refractivity (Wildman–Crippen MR) is 124 cm³/mol. The molecule has 184 valence electrons. The predicted octanol–water partition coefficient (Wildman–Crippen LogP) is 4.74. The second-order valence-electron chi connectivity index (χ2n) is 8.60. The van der Waals surface area contributed by atoms with Crippen LogP contribution in [0.2, 0.25) is 0 Å². The highest BCUT2D eigenvalue weighted by atomic mass is 19.1. The van der Waals surface area contributed by atoms with Crippen molar-refractivity contribution in [3.63, 3.8) is 0 Å². The molecule has 1 amide bonds. The molecule has 1 aliphatic rings. The van der Waals surface area contributed by atoms with E-state index in [-0.39, 0.29) is 11.8 Å². The Morgan fingerprint density at radius 2 is 1.80 bits per heavy atom. The van der Waals surface area contributed by atoms with E-state index < -0.39 is 45.9 Å². The molecule has 2 aromatic carbocycles. The lowest BCUT2D eigenvalue weighted by Crippen LogP contribution is -2.46. The summed E-state index contributed by atoms with van der Waals surface area (Å²) in [6.45, 7) is 3.33. The monoisotopic (exact) mass is 488 g/mol. The fraction of sp³-hybridized carbons (Fsp3) is 0.280. The second kappa shape index (κ2) is 9.91. The lowest BCUT2D eigenvalue weighted by molar-refractivity contribution is 0.102. The van der Waals surface area contributed by atoms with Gasteiger partial charge in [-0.2, -0.15) is 0 Å². The van der Waals surface area contributed by atoms with Crippen molar-refractivity contribution in [2.24, 2.45) is 11.7 Å². The Balaban J connectivity index is 1.69. The van der Waals surface area contributed by atoms with Gasteiger partial charge in [-0.05, 0) is 30.5 Å². The van der Waals surface area contributed by atoms with E-state index in [4.69, 9.17) is 10.5 Å². The van der Waals surface area contributed by atoms with Gasteiger partial charge >= 0.3 is 0 Å². The maximum Gasteiger partial charge on any atom is 0.258 e. The van der Waals surface area contributed by atoms with Gasteiger partial charge in [0.25, 0.3) is 5.91 Å². The van der Waals surface area contributed by atoms with Gasteiger partial charge in [0.1, 0.15) is 29.0 Å². The van der Waals surface area contributed by atoms with Gasteiger partial charge in [0.05, 0.1) is 41.4 Å². The number of nitrogens with two attached hydrogens (primary N) is 1. The smallest absolute Gasteiger partial charge is 0.258 e. The Hall–Kier alpha value is -3.66. The molecular formula is C25H24F4N4O2. The number of hydrogen-bond acceptors (Lipinski definition) is 5. The van der Waals surface area contributed by atoms with E-state index in [9.17, 15) is 18.0 Å². The molecule has 0 bridgehead atoms. The first-order chi connectivity index (χ1) is 16.7. The Kier molecular flexibility index (Phi) is 6.93. The molecule has 3 aromatic rings. The van der Waals surface area contributed by atoms with Crippen molar-refractivity contribution < 1.29 is 27.1 Å². The second-order valence-corrected chi connectivity index (χ2v) is 8.60. The first kappa shape index (κ1) is 24.5. The first-order valence-electron chi connectivity index (χ1n) is 11.0. The lowest BCUT2D eigenvalue weighted by Gasteiger charge is -2.37. The van der Waals surface area contributed by atoms with Gasteiger partial charge in [-0.3, -0.25) is 9.78 Å². The third-order valence-corrected chi connectivity index (χ3v) is 5.92. The Labute approximate surface area is 199 Å². The molecule has 0 unspecified atom stereocenters. The summed E-state index contributed by atoms with van der Waals surface area (Å²) in [6, 6.07) is 4.95. The molecule has 3 N–H and O–H groups in total. The van der Waals surface area contributed by atoms with Gasteiger partial charge in [0.2, 0.25) is 0 Å². The molecule has 10 heteroatoms. The Morgan fingerprint density at radius 3 is 2.46 bits per heavy atom. The van der Waals surface area contributed by atoms with E-state index in [0.717, 1.165) is 30.7 Å². The maximum absolute atomic E-state index is 15.4. The Morgan fingerprint density at radius 1 is 1.09 bits per heavy atom. The molecule has 2 heterocycles. The van der Waals surface area contributed by atoms with E-state index >= 15 is 4.39 Å².